The summed E-state index contributed by atoms with van der Waals surface area (Å²) in [5.41, 5.74) is 6.64. The number of nitrogens with two attached hydrogens (primary N) is 1. The normalized spacial score (nSPS) is 22.6. The lowest BCUT2D eigenvalue weighted by Gasteiger charge is -2.36. The molecule has 1 amide bonds. The zero-order chi connectivity index (χ0) is 13.9. The van der Waals surface area contributed by atoms with Crippen LogP contribution in [0.25, 0.3) is 0 Å². The van der Waals surface area contributed by atoms with Crippen LogP contribution in [0.2, 0.25) is 0 Å². The van der Waals surface area contributed by atoms with Crippen LogP contribution >= 0.6 is 0 Å². The van der Waals surface area contributed by atoms with Crippen LogP contribution in [0.4, 0.5) is 5.82 Å². The van der Waals surface area contributed by atoms with Crippen molar-refractivity contribution in [3.63, 3.8) is 0 Å². The van der Waals surface area contributed by atoms with Gasteiger partial charge in [-0.05, 0) is 18.9 Å². The lowest BCUT2D eigenvalue weighted by Crippen LogP contribution is -2.55. The fourth-order valence-electron chi connectivity index (χ4n) is 2.35. The van der Waals surface area contributed by atoms with E-state index in [4.69, 9.17) is 10.5 Å². The standard InChI is InChI=1S/C13H19N5O2/c14-7-9-3-4-15-17-12(9)18-5-6-20-8-11(18)13(19)16-10-1-2-10/h3-4,10-11H,1-2,5-8,14H2,(H,16,19). The Hall–Kier alpha value is -1.73. The molecule has 1 aromatic rings. The average Bonchev–Trinajstić information content (AvgIpc) is 3.31. The van der Waals surface area contributed by atoms with Crippen LogP contribution < -0.4 is 16.0 Å². The summed E-state index contributed by atoms with van der Waals surface area (Å²) in [6, 6.07) is 1.82. The van der Waals surface area contributed by atoms with Gasteiger partial charge in [-0.25, -0.2) is 0 Å². The SMILES string of the molecule is NCc1ccnnc1N1CCOCC1C(=O)NC1CC1. The van der Waals surface area contributed by atoms with E-state index in [0.29, 0.717) is 38.2 Å². The number of rotatable bonds is 4. The van der Waals surface area contributed by atoms with Crippen molar-refractivity contribution in [1.82, 2.24) is 15.5 Å². The maximum absolute atomic E-state index is 12.3. The fraction of sp³-hybridized carbons (Fsp3) is 0.615. The van der Waals surface area contributed by atoms with Gasteiger partial charge in [-0.3, -0.25) is 4.79 Å². The second-order valence-electron chi connectivity index (χ2n) is 5.15. The summed E-state index contributed by atoms with van der Waals surface area (Å²) in [5.74, 6) is 0.690. The molecule has 7 nitrogen and oxygen atoms in total. The minimum atomic E-state index is -0.355. The van der Waals surface area contributed by atoms with E-state index in [0.717, 1.165) is 18.4 Å². The molecule has 1 unspecified atom stereocenters. The first-order chi connectivity index (χ1) is 9.79. The van der Waals surface area contributed by atoms with Gasteiger partial charge in [0.2, 0.25) is 5.91 Å². The number of anilines is 1. The summed E-state index contributed by atoms with van der Waals surface area (Å²) in [7, 11) is 0. The summed E-state index contributed by atoms with van der Waals surface area (Å²) >= 11 is 0. The van der Waals surface area contributed by atoms with E-state index in [1.807, 2.05) is 11.0 Å². The van der Waals surface area contributed by atoms with Crippen LogP contribution in [0.3, 0.4) is 0 Å². The Morgan fingerprint density at radius 3 is 3.15 bits per heavy atom. The maximum atomic E-state index is 12.3. The van der Waals surface area contributed by atoms with Crippen molar-refractivity contribution in [2.75, 3.05) is 24.7 Å². The van der Waals surface area contributed by atoms with E-state index < -0.39 is 0 Å². The molecule has 7 heteroatoms. The molecule has 1 aromatic heterocycles. The Kier molecular flexibility index (Phi) is 3.79. The highest BCUT2D eigenvalue weighted by Gasteiger charge is 2.34. The number of ether oxygens (including phenoxy) is 1. The minimum absolute atomic E-state index is 0.000763. The quantitative estimate of drug-likeness (QED) is 0.765. The minimum Gasteiger partial charge on any atom is -0.377 e. The molecule has 108 valence electrons. The molecule has 2 aliphatic rings. The number of amides is 1. The smallest absolute Gasteiger partial charge is 0.245 e. The molecule has 1 saturated heterocycles. The van der Waals surface area contributed by atoms with E-state index >= 15 is 0 Å². The van der Waals surface area contributed by atoms with Crippen LogP contribution in [-0.2, 0) is 16.1 Å². The van der Waals surface area contributed by atoms with Crippen LogP contribution in [0.15, 0.2) is 12.3 Å². The number of aromatic nitrogens is 2. The highest BCUT2D eigenvalue weighted by Crippen LogP contribution is 2.23. The molecule has 0 spiro atoms. The third-order valence-corrected chi connectivity index (χ3v) is 3.63. The van der Waals surface area contributed by atoms with Gasteiger partial charge in [0.1, 0.15) is 6.04 Å². The molecule has 3 rings (SSSR count). The van der Waals surface area contributed by atoms with E-state index in [2.05, 4.69) is 15.5 Å². The fourth-order valence-corrected chi connectivity index (χ4v) is 2.35. The first-order valence-electron chi connectivity index (χ1n) is 6.95. The van der Waals surface area contributed by atoms with Gasteiger partial charge < -0.3 is 20.7 Å². The predicted octanol–water partition coefficient (Wildman–Crippen LogP) is -0.581. The van der Waals surface area contributed by atoms with E-state index in [9.17, 15) is 4.79 Å². The second kappa shape index (κ2) is 5.72. The molecule has 1 aliphatic carbocycles. The lowest BCUT2D eigenvalue weighted by atomic mass is 10.1. The number of nitrogens with zero attached hydrogens (tertiary/aromatic N) is 3. The Bertz CT molecular complexity index is 491. The second-order valence-corrected chi connectivity index (χ2v) is 5.15. The Balaban J connectivity index is 1.82. The van der Waals surface area contributed by atoms with Crippen molar-refractivity contribution in [1.29, 1.82) is 0 Å². The number of hydrogen-bond acceptors (Lipinski definition) is 6. The van der Waals surface area contributed by atoms with Gasteiger partial charge >= 0.3 is 0 Å². The van der Waals surface area contributed by atoms with Crippen LogP contribution in [0.5, 0.6) is 0 Å². The van der Waals surface area contributed by atoms with Gasteiger partial charge in [0.15, 0.2) is 5.82 Å². The van der Waals surface area contributed by atoms with Crippen molar-refractivity contribution in [2.24, 2.45) is 5.73 Å². The Labute approximate surface area is 117 Å². The third-order valence-electron chi connectivity index (χ3n) is 3.63. The zero-order valence-electron chi connectivity index (χ0n) is 11.3. The van der Waals surface area contributed by atoms with Crippen molar-refractivity contribution >= 4 is 11.7 Å². The van der Waals surface area contributed by atoms with Crippen molar-refractivity contribution < 1.29 is 9.53 Å². The molecule has 2 heterocycles. The number of hydrogen-bond donors (Lipinski definition) is 2. The molecule has 1 atom stereocenters. The Morgan fingerprint density at radius 2 is 2.40 bits per heavy atom. The molecule has 1 aliphatic heterocycles. The Morgan fingerprint density at radius 1 is 1.55 bits per heavy atom. The number of carbonyl (C=O) groups is 1. The molecular weight excluding hydrogens is 258 g/mol. The maximum Gasteiger partial charge on any atom is 0.245 e. The molecule has 1 saturated carbocycles. The van der Waals surface area contributed by atoms with E-state index in [1.165, 1.54) is 0 Å². The molecule has 20 heavy (non-hydrogen) atoms. The largest absolute Gasteiger partial charge is 0.377 e. The number of nitrogens with one attached hydrogen (secondary N) is 1. The molecular formula is C13H19N5O2. The molecule has 0 radical (unpaired) electrons. The molecule has 2 fully saturated rings. The van der Waals surface area contributed by atoms with Gasteiger partial charge in [0.05, 0.1) is 19.4 Å². The predicted molar refractivity (Wildman–Crippen MR) is 73.0 cm³/mol. The van der Waals surface area contributed by atoms with Gasteiger partial charge in [0, 0.05) is 24.7 Å². The summed E-state index contributed by atoms with van der Waals surface area (Å²) in [5, 5.41) is 11.1. The van der Waals surface area contributed by atoms with Crippen LogP contribution in [0, 0.1) is 0 Å². The number of carbonyl (C=O) groups excluding carboxylic acids is 1. The first-order valence-corrected chi connectivity index (χ1v) is 6.95. The van der Waals surface area contributed by atoms with Crippen molar-refractivity contribution in [2.45, 2.75) is 31.5 Å². The summed E-state index contributed by atoms with van der Waals surface area (Å²) in [6.07, 6.45) is 3.75. The van der Waals surface area contributed by atoms with Gasteiger partial charge in [-0.1, -0.05) is 0 Å². The lowest BCUT2D eigenvalue weighted by molar-refractivity contribution is -0.124. The molecule has 3 N–H and O–H groups in total. The highest BCUT2D eigenvalue weighted by atomic mass is 16.5. The van der Waals surface area contributed by atoms with E-state index in [1.54, 1.807) is 6.20 Å². The molecule has 0 aromatic carbocycles. The average molecular weight is 277 g/mol. The highest BCUT2D eigenvalue weighted by molar-refractivity contribution is 5.86. The topological polar surface area (TPSA) is 93.4 Å². The van der Waals surface area contributed by atoms with E-state index in [-0.39, 0.29) is 11.9 Å². The monoisotopic (exact) mass is 277 g/mol. The first kappa shape index (κ1) is 13.3. The van der Waals surface area contributed by atoms with Gasteiger partial charge in [-0.2, -0.15) is 5.10 Å². The van der Waals surface area contributed by atoms with Crippen LogP contribution in [-0.4, -0.2) is 47.9 Å². The number of morpholine rings is 1. The van der Waals surface area contributed by atoms with Crippen molar-refractivity contribution in [3.05, 3.63) is 17.8 Å². The zero-order valence-corrected chi connectivity index (χ0v) is 11.3. The summed E-state index contributed by atoms with van der Waals surface area (Å²) in [6.45, 7) is 1.94. The van der Waals surface area contributed by atoms with Gasteiger partial charge in [0.25, 0.3) is 0 Å². The molecule has 0 bridgehead atoms. The van der Waals surface area contributed by atoms with Gasteiger partial charge in [-0.15, -0.1) is 5.10 Å². The van der Waals surface area contributed by atoms with Crippen LogP contribution in [0.1, 0.15) is 18.4 Å². The third kappa shape index (κ3) is 2.73. The summed E-state index contributed by atoms with van der Waals surface area (Å²) in [4.78, 5) is 14.3. The van der Waals surface area contributed by atoms with Crippen molar-refractivity contribution in [3.8, 4) is 0 Å². The summed E-state index contributed by atoms with van der Waals surface area (Å²) < 4.78 is 5.45.